The Hall–Kier alpha value is -1.51. The molecule has 0 spiro atoms. The summed E-state index contributed by atoms with van der Waals surface area (Å²) in [6.45, 7) is 7.58. The Morgan fingerprint density at radius 1 is 1.39 bits per heavy atom. The molecule has 0 saturated heterocycles. The number of carbonyl (C=O) groups excluding carboxylic acids is 1. The zero-order valence-corrected chi connectivity index (χ0v) is 11.4. The maximum absolute atomic E-state index is 11.7. The maximum atomic E-state index is 11.7. The molecule has 0 saturated carbocycles. The van der Waals surface area contributed by atoms with Crippen LogP contribution in [0.15, 0.2) is 18.2 Å². The van der Waals surface area contributed by atoms with Crippen LogP contribution >= 0.6 is 0 Å². The van der Waals surface area contributed by atoms with Crippen molar-refractivity contribution in [3.05, 3.63) is 29.3 Å². The lowest BCUT2D eigenvalue weighted by molar-refractivity contribution is -0.122. The van der Waals surface area contributed by atoms with E-state index in [-0.39, 0.29) is 11.3 Å². The average molecular weight is 247 g/mol. The van der Waals surface area contributed by atoms with Gasteiger partial charge in [-0.3, -0.25) is 4.79 Å². The molecule has 1 aromatic carbocycles. The van der Waals surface area contributed by atoms with Crippen molar-refractivity contribution in [3.63, 3.8) is 0 Å². The number of hydrogen-bond donors (Lipinski definition) is 1. The number of carbonyl (C=O) groups is 1. The molecule has 0 radical (unpaired) electrons. The number of amides is 1. The highest BCUT2D eigenvalue weighted by Gasteiger charge is 2.16. The third-order valence-electron chi connectivity index (χ3n) is 2.93. The van der Waals surface area contributed by atoms with E-state index >= 15 is 0 Å². The summed E-state index contributed by atoms with van der Waals surface area (Å²) in [4.78, 5) is 11.7. The summed E-state index contributed by atoms with van der Waals surface area (Å²) < 4.78 is 5.46. The van der Waals surface area contributed by atoms with Gasteiger partial charge in [0.15, 0.2) is 0 Å². The van der Waals surface area contributed by atoms with Crippen molar-refractivity contribution >= 4 is 5.91 Å². The average Bonchev–Trinajstić information content (AvgIpc) is 2.71. The summed E-state index contributed by atoms with van der Waals surface area (Å²) in [6.07, 6.45) is 1.53. The second-order valence-electron chi connectivity index (χ2n) is 6.05. The lowest BCUT2D eigenvalue weighted by Crippen LogP contribution is -2.27. The van der Waals surface area contributed by atoms with Gasteiger partial charge in [-0.05, 0) is 22.6 Å². The molecular formula is C15H21NO2. The molecule has 0 atom stereocenters. The summed E-state index contributed by atoms with van der Waals surface area (Å²) in [5, 5.41) is 2.97. The molecule has 1 N–H and O–H groups in total. The minimum Gasteiger partial charge on any atom is -0.493 e. The van der Waals surface area contributed by atoms with Gasteiger partial charge in [-0.2, -0.15) is 0 Å². The zero-order chi connectivity index (χ0) is 13.2. The van der Waals surface area contributed by atoms with Gasteiger partial charge in [0.1, 0.15) is 5.75 Å². The van der Waals surface area contributed by atoms with Crippen molar-refractivity contribution in [2.45, 2.75) is 40.2 Å². The highest BCUT2D eigenvalue weighted by molar-refractivity contribution is 5.76. The number of benzene rings is 1. The Balaban J connectivity index is 1.89. The molecule has 1 aliphatic heterocycles. The molecule has 0 aromatic heterocycles. The molecule has 0 unspecified atom stereocenters. The van der Waals surface area contributed by atoms with Crippen molar-refractivity contribution < 1.29 is 9.53 Å². The van der Waals surface area contributed by atoms with Gasteiger partial charge in [0, 0.05) is 19.4 Å². The number of rotatable bonds is 3. The van der Waals surface area contributed by atoms with E-state index in [1.54, 1.807) is 0 Å². The fraction of sp³-hybridized carbons (Fsp3) is 0.533. The smallest absolute Gasteiger partial charge is 0.220 e. The molecule has 2 rings (SSSR count). The molecule has 1 aromatic rings. The van der Waals surface area contributed by atoms with Crippen LogP contribution in [0.3, 0.4) is 0 Å². The number of ether oxygens (including phenoxy) is 1. The van der Waals surface area contributed by atoms with Crippen LogP contribution in [-0.2, 0) is 17.8 Å². The van der Waals surface area contributed by atoms with E-state index in [0.29, 0.717) is 13.0 Å². The van der Waals surface area contributed by atoms with Gasteiger partial charge in [0.2, 0.25) is 5.91 Å². The number of nitrogens with one attached hydrogen (secondary N) is 1. The Kier molecular flexibility index (Phi) is 3.60. The van der Waals surface area contributed by atoms with E-state index < -0.39 is 0 Å². The summed E-state index contributed by atoms with van der Waals surface area (Å²) in [7, 11) is 0. The predicted molar refractivity (Wildman–Crippen MR) is 71.6 cm³/mol. The molecule has 1 aliphatic rings. The van der Waals surface area contributed by atoms with Crippen LogP contribution in [0.1, 0.15) is 38.3 Å². The molecule has 3 nitrogen and oxygen atoms in total. The van der Waals surface area contributed by atoms with E-state index in [2.05, 4.69) is 32.2 Å². The first-order valence-corrected chi connectivity index (χ1v) is 6.45. The highest BCUT2D eigenvalue weighted by atomic mass is 16.5. The summed E-state index contributed by atoms with van der Waals surface area (Å²) >= 11 is 0. The zero-order valence-electron chi connectivity index (χ0n) is 11.4. The standard InChI is InChI=1S/C15H21NO2/c1-15(2,3)9-14(17)16-10-11-4-5-13-12(8-11)6-7-18-13/h4-5,8H,6-7,9-10H2,1-3H3,(H,16,17). The first-order valence-electron chi connectivity index (χ1n) is 6.45. The molecule has 0 bridgehead atoms. The van der Waals surface area contributed by atoms with Gasteiger partial charge >= 0.3 is 0 Å². The van der Waals surface area contributed by atoms with E-state index in [0.717, 1.165) is 24.3 Å². The van der Waals surface area contributed by atoms with Crippen molar-refractivity contribution in [1.82, 2.24) is 5.32 Å². The lowest BCUT2D eigenvalue weighted by atomic mass is 9.92. The SMILES string of the molecule is CC(C)(C)CC(=O)NCc1ccc2c(c1)CCO2. The van der Waals surface area contributed by atoms with E-state index in [1.807, 2.05) is 12.1 Å². The van der Waals surface area contributed by atoms with Gasteiger partial charge in [-0.1, -0.05) is 32.9 Å². The molecule has 3 heteroatoms. The lowest BCUT2D eigenvalue weighted by Gasteiger charge is -2.17. The summed E-state index contributed by atoms with van der Waals surface area (Å²) in [5.74, 6) is 1.10. The largest absolute Gasteiger partial charge is 0.493 e. The van der Waals surface area contributed by atoms with Crippen LogP contribution in [0, 0.1) is 5.41 Å². The van der Waals surface area contributed by atoms with Crippen LogP contribution in [0.25, 0.3) is 0 Å². The predicted octanol–water partition coefficient (Wildman–Crippen LogP) is 2.67. The van der Waals surface area contributed by atoms with Gasteiger partial charge in [-0.15, -0.1) is 0 Å². The molecule has 0 fully saturated rings. The minimum absolute atomic E-state index is 0.0376. The maximum Gasteiger partial charge on any atom is 0.220 e. The van der Waals surface area contributed by atoms with Crippen molar-refractivity contribution in [2.24, 2.45) is 5.41 Å². The van der Waals surface area contributed by atoms with Crippen LogP contribution in [-0.4, -0.2) is 12.5 Å². The van der Waals surface area contributed by atoms with Gasteiger partial charge < -0.3 is 10.1 Å². The molecule has 1 heterocycles. The number of fused-ring (bicyclic) bond motifs is 1. The van der Waals surface area contributed by atoms with E-state index in [9.17, 15) is 4.79 Å². The number of hydrogen-bond acceptors (Lipinski definition) is 2. The quantitative estimate of drug-likeness (QED) is 0.891. The topological polar surface area (TPSA) is 38.3 Å². The molecular weight excluding hydrogens is 226 g/mol. The third-order valence-corrected chi connectivity index (χ3v) is 2.93. The van der Waals surface area contributed by atoms with E-state index in [4.69, 9.17) is 4.74 Å². The van der Waals surface area contributed by atoms with Crippen LogP contribution in [0.4, 0.5) is 0 Å². The molecule has 98 valence electrons. The first kappa shape index (κ1) is 12.9. The second-order valence-corrected chi connectivity index (χ2v) is 6.05. The third kappa shape index (κ3) is 3.49. The Labute approximate surface area is 109 Å². The fourth-order valence-electron chi connectivity index (χ4n) is 2.09. The summed E-state index contributed by atoms with van der Waals surface area (Å²) in [6, 6.07) is 6.13. The van der Waals surface area contributed by atoms with Crippen LogP contribution < -0.4 is 10.1 Å². The Bertz CT molecular complexity index is 446. The van der Waals surface area contributed by atoms with Crippen LogP contribution in [0.5, 0.6) is 5.75 Å². The Morgan fingerprint density at radius 2 is 2.17 bits per heavy atom. The minimum atomic E-state index is 0.0376. The van der Waals surface area contributed by atoms with Gasteiger partial charge in [-0.25, -0.2) is 0 Å². The highest BCUT2D eigenvalue weighted by Crippen LogP contribution is 2.25. The van der Waals surface area contributed by atoms with Gasteiger partial charge in [0.25, 0.3) is 0 Å². The molecule has 18 heavy (non-hydrogen) atoms. The normalized spacial score (nSPS) is 13.9. The van der Waals surface area contributed by atoms with Crippen molar-refractivity contribution in [1.29, 1.82) is 0 Å². The van der Waals surface area contributed by atoms with E-state index in [1.165, 1.54) is 5.56 Å². The Morgan fingerprint density at radius 3 is 2.89 bits per heavy atom. The van der Waals surface area contributed by atoms with Crippen molar-refractivity contribution in [3.8, 4) is 5.75 Å². The van der Waals surface area contributed by atoms with Crippen LogP contribution in [0.2, 0.25) is 0 Å². The first-order chi connectivity index (χ1) is 8.44. The summed E-state index contributed by atoms with van der Waals surface area (Å²) in [5.41, 5.74) is 2.43. The van der Waals surface area contributed by atoms with Gasteiger partial charge in [0.05, 0.1) is 6.61 Å². The molecule has 0 aliphatic carbocycles. The molecule has 1 amide bonds. The monoisotopic (exact) mass is 247 g/mol. The fourth-order valence-corrected chi connectivity index (χ4v) is 2.09. The second kappa shape index (κ2) is 5.01. The van der Waals surface area contributed by atoms with Crippen molar-refractivity contribution in [2.75, 3.05) is 6.61 Å².